The maximum Gasteiger partial charge on any atom is 0.573 e. The first-order valence-electron chi connectivity index (χ1n) is 5.39. The molecular weight excluding hydrogens is 374 g/mol. The van der Waals surface area contributed by atoms with Crippen molar-refractivity contribution in [3.05, 3.63) is 39.3 Å². The van der Waals surface area contributed by atoms with Crippen molar-refractivity contribution in [2.45, 2.75) is 25.9 Å². The molecule has 0 saturated carbocycles. The van der Waals surface area contributed by atoms with Crippen molar-refractivity contribution < 1.29 is 22.6 Å². The number of allylic oxidation sites excluding steroid dienone is 1. The van der Waals surface area contributed by atoms with E-state index in [2.05, 4.69) is 32.6 Å². The number of hydrogen-bond donors (Lipinski definition) is 1. The first kappa shape index (κ1) is 14.3. The van der Waals surface area contributed by atoms with Crippen LogP contribution < -0.4 is 10.1 Å². The minimum Gasteiger partial charge on any atom is -0.466 e. The highest BCUT2D eigenvalue weighted by Crippen LogP contribution is 2.36. The molecule has 0 radical (unpaired) electrons. The third-order valence-corrected chi connectivity index (χ3v) is 3.66. The van der Waals surface area contributed by atoms with Crippen LogP contribution in [0.15, 0.2) is 33.7 Å². The predicted octanol–water partition coefficient (Wildman–Crippen LogP) is 4.00. The van der Waals surface area contributed by atoms with Crippen LogP contribution in [-0.2, 0) is 10.5 Å². The summed E-state index contributed by atoms with van der Waals surface area (Å²) >= 11 is 2.07. The Balaban J connectivity index is 2.25. The molecule has 1 aliphatic rings. The maximum absolute atomic E-state index is 12.2. The number of halogens is 4. The largest absolute Gasteiger partial charge is 0.573 e. The molecule has 1 aromatic rings. The minimum absolute atomic E-state index is 0.267. The molecule has 1 heterocycles. The second-order valence-electron chi connectivity index (χ2n) is 4.21. The van der Waals surface area contributed by atoms with Gasteiger partial charge in [-0.15, -0.1) is 13.2 Å². The van der Waals surface area contributed by atoms with Gasteiger partial charge in [0, 0.05) is 5.56 Å². The summed E-state index contributed by atoms with van der Waals surface area (Å²) in [6.07, 6.45) is -4.70. The highest BCUT2D eigenvalue weighted by molar-refractivity contribution is 14.1. The first-order chi connectivity index (χ1) is 8.70. The number of hydrogen-bond acceptors (Lipinski definition) is 3. The third kappa shape index (κ3) is 3.26. The van der Waals surface area contributed by atoms with Crippen LogP contribution in [0.3, 0.4) is 0 Å². The van der Waals surface area contributed by atoms with Crippen LogP contribution in [0.1, 0.15) is 19.4 Å². The van der Waals surface area contributed by atoms with Gasteiger partial charge in [-0.3, -0.25) is 0 Å². The lowest BCUT2D eigenvalue weighted by atomic mass is 10.0. The molecule has 1 unspecified atom stereocenters. The van der Waals surface area contributed by atoms with Crippen molar-refractivity contribution in [3.63, 3.8) is 0 Å². The summed E-state index contributed by atoms with van der Waals surface area (Å²) in [7, 11) is 0. The highest BCUT2D eigenvalue weighted by Gasteiger charge is 2.36. The van der Waals surface area contributed by atoms with Crippen LogP contribution >= 0.6 is 22.6 Å². The van der Waals surface area contributed by atoms with E-state index < -0.39 is 12.1 Å². The van der Waals surface area contributed by atoms with E-state index in [1.165, 1.54) is 18.2 Å². The monoisotopic (exact) mass is 385 g/mol. The number of ether oxygens (including phenoxy) is 2. The van der Waals surface area contributed by atoms with E-state index in [9.17, 15) is 13.2 Å². The summed E-state index contributed by atoms with van der Waals surface area (Å²) in [5, 5.41) is 3.09. The average Bonchev–Trinajstić information content (AvgIpc) is 2.52. The minimum atomic E-state index is -4.70. The summed E-state index contributed by atoms with van der Waals surface area (Å²) < 4.78 is 47.0. The lowest BCUT2D eigenvalue weighted by Crippen LogP contribution is -2.35. The van der Waals surface area contributed by atoms with E-state index in [-0.39, 0.29) is 5.75 Å². The van der Waals surface area contributed by atoms with Crippen LogP contribution in [0.2, 0.25) is 0 Å². The number of rotatable bonds is 2. The number of alkyl halides is 3. The van der Waals surface area contributed by atoms with E-state index in [1.807, 2.05) is 0 Å². The Morgan fingerprint density at radius 3 is 2.58 bits per heavy atom. The second kappa shape index (κ2) is 4.77. The molecule has 0 fully saturated rings. The first-order valence-corrected chi connectivity index (χ1v) is 6.47. The molecule has 0 saturated heterocycles. The average molecular weight is 385 g/mol. The topological polar surface area (TPSA) is 30.5 Å². The Morgan fingerprint density at radius 1 is 1.37 bits per heavy atom. The summed E-state index contributed by atoms with van der Waals surface area (Å²) in [5.41, 5.74) is -0.328. The molecule has 1 aliphatic heterocycles. The van der Waals surface area contributed by atoms with E-state index >= 15 is 0 Å². The van der Waals surface area contributed by atoms with Gasteiger partial charge >= 0.3 is 6.36 Å². The van der Waals surface area contributed by atoms with Crippen molar-refractivity contribution >= 4 is 22.6 Å². The smallest absolute Gasteiger partial charge is 0.466 e. The summed E-state index contributed by atoms with van der Waals surface area (Å²) in [4.78, 5) is 0. The summed E-state index contributed by atoms with van der Waals surface area (Å²) in [6.45, 7) is 3.53. The van der Waals surface area contributed by atoms with Crippen LogP contribution in [0.25, 0.3) is 0 Å². The van der Waals surface area contributed by atoms with Crippen molar-refractivity contribution in [2.75, 3.05) is 0 Å². The molecule has 1 atom stereocenters. The second-order valence-corrected chi connectivity index (χ2v) is 5.28. The quantitative estimate of drug-likeness (QED) is 0.617. The maximum atomic E-state index is 12.2. The van der Waals surface area contributed by atoms with Gasteiger partial charge in [0.1, 0.15) is 15.2 Å². The third-order valence-electron chi connectivity index (χ3n) is 2.63. The fourth-order valence-electron chi connectivity index (χ4n) is 1.79. The predicted molar refractivity (Wildman–Crippen MR) is 71.4 cm³/mol. The zero-order chi connectivity index (χ0) is 14.3. The van der Waals surface area contributed by atoms with Gasteiger partial charge in [0.05, 0.1) is 0 Å². The fourth-order valence-corrected chi connectivity index (χ4v) is 2.42. The van der Waals surface area contributed by atoms with Gasteiger partial charge in [-0.25, -0.2) is 0 Å². The summed E-state index contributed by atoms with van der Waals surface area (Å²) in [6, 6.07) is 5.73. The van der Waals surface area contributed by atoms with Crippen molar-refractivity contribution in [2.24, 2.45) is 0 Å². The van der Waals surface area contributed by atoms with Gasteiger partial charge in [-0.2, -0.15) is 0 Å². The van der Waals surface area contributed by atoms with E-state index in [0.717, 1.165) is 3.70 Å². The van der Waals surface area contributed by atoms with Gasteiger partial charge in [0.25, 0.3) is 0 Å². The Labute approximate surface area is 121 Å². The Morgan fingerprint density at radius 2 is 2.05 bits per heavy atom. The van der Waals surface area contributed by atoms with Crippen molar-refractivity contribution in [3.8, 4) is 5.75 Å². The SMILES string of the molecule is CC1=C(I)NC(C)(c2cccc(OC(F)(F)F)c2)O1. The van der Waals surface area contributed by atoms with Crippen LogP contribution in [0.4, 0.5) is 13.2 Å². The van der Waals surface area contributed by atoms with E-state index in [0.29, 0.717) is 11.3 Å². The molecule has 0 bridgehead atoms. The molecule has 1 aromatic carbocycles. The zero-order valence-corrected chi connectivity index (χ0v) is 12.3. The molecule has 1 N–H and O–H groups in total. The fraction of sp³-hybridized carbons (Fsp3) is 0.333. The molecule has 0 aromatic heterocycles. The molecule has 0 aliphatic carbocycles. The molecule has 3 nitrogen and oxygen atoms in total. The Kier molecular flexibility index (Phi) is 3.59. The molecule has 0 spiro atoms. The van der Waals surface area contributed by atoms with Crippen molar-refractivity contribution in [1.82, 2.24) is 5.32 Å². The molecule has 19 heavy (non-hydrogen) atoms. The highest BCUT2D eigenvalue weighted by atomic mass is 127. The standard InChI is InChI=1S/C12H11F3INO2/c1-7-10(16)17-11(2,18-7)8-4-3-5-9(6-8)19-12(13,14)15/h3-6,17H,1-2H3. The van der Waals surface area contributed by atoms with Gasteiger partial charge in [0.15, 0.2) is 0 Å². The normalized spacial score (nSPS) is 23.1. The van der Waals surface area contributed by atoms with Crippen LogP contribution in [0.5, 0.6) is 5.75 Å². The van der Waals surface area contributed by atoms with E-state index in [4.69, 9.17) is 4.74 Å². The van der Waals surface area contributed by atoms with Crippen LogP contribution in [0, 0.1) is 0 Å². The zero-order valence-electron chi connectivity index (χ0n) is 10.1. The lowest BCUT2D eigenvalue weighted by Gasteiger charge is -2.26. The van der Waals surface area contributed by atoms with Gasteiger partial charge in [-0.1, -0.05) is 12.1 Å². The molecule has 104 valence electrons. The molecule has 0 amide bonds. The number of nitrogens with one attached hydrogen (secondary N) is 1. The van der Waals surface area contributed by atoms with Gasteiger partial charge < -0.3 is 14.8 Å². The van der Waals surface area contributed by atoms with Gasteiger partial charge in [0.2, 0.25) is 5.72 Å². The molecule has 2 rings (SSSR count). The number of benzene rings is 1. The molecule has 7 heteroatoms. The summed E-state index contributed by atoms with van der Waals surface area (Å²) in [5.74, 6) is 0.432. The van der Waals surface area contributed by atoms with Crippen molar-refractivity contribution in [1.29, 1.82) is 0 Å². The van der Waals surface area contributed by atoms with Crippen LogP contribution in [-0.4, -0.2) is 6.36 Å². The molecular formula is C12H11F3INO2. The Hall–Kier alpha value is -1.12. The van der Waals surface area contributed by atoms with E-state index in [1.54, 1.807) is 19.9 Å². The lowest BCUT2D eigenvalue weighted by molar-refractivity contribution is -0.274. The Bertz CT molecular complexity index is 514. The van der Waals surface area contributed by atoms with Gasteiger partial charge in [-0.05, 0) is 48.6 Å².